The van der Waals surface area contributed by atoms with E-state index in [1.54, 1.807) is 0 Å². The number of hydrogen-bond donors (Lipinski definition) is 1. The lowest BCUT2D eigenvalue weighted by Crippen LogP contribution is -2.07. The standard InChI is InChI=1S/C15H17BrO/c1-4-15(17)14(12(3)16)10-9-13-7-5-11(2)6-8-13/h5-8,15,17H,4H2,1-3H3/b14-12+. The van der Waals surface area contributed by atoms with Gasteiger partial charge < -0.3 is 5.11 Å². The van der Waals surface area contributed by atoms with E-state index in [-0.39, 0.29) is 0 Å². The van der Waals surface area contributed by atoms with Crippen molar-refractivity contribution in [1.29, 1.82) is 0 Å². The van der Waals surface area contributed by atoms with Crippen molar-refractivity contribution in [2.75, 3.05) is 0 Å². The Bertz CT molecular complexity index is 456. The molecule has 0 aliphatic carbocycles. The summed E-state index contributed by atoms with van der Waals surface area (Å²) in [6.07, 6.45) is 0.174. The fourth-order valence-electron chi connectivity index (χ4n) is 1.38. The van der Waals surface area contributed by atoms with Gasteiger partial charge in [0, 0.05) is 15.6 Å². The first kappa shape index (κ1) is 14.0. The molecule has 90 valence electrons. The van der Waals surface area contributed by atoms with Gasteiger partial charge in [-0.25, -0.2) is 0 Å². The van der Waals surface area contributed by atoms with Gasteiger partial charge in [0.05, 0.1) is 6.10 Å². The number of halogens is 1. The van der Waals surface area contributed by atoms with E-state index in [9.17, 15) is 5.11 Å². The van der Waals surface area contributed by atoms with Crippen LogP contribution in [0.4, 0.5) is 0 Å². The van der Waals surface area contributed by atoms with E-state index in [1.807, 2.05) is 45.0 Å². The lowest BCUT2D eigenvalue weighted by molar-refractivity contribution is 0.211. The van der Waals surface area contributed by atoms with Crippen molar-refractivity contribution < 1.29 is 5.11 Å². The van der Waals surface area contributed by atoms with Crippen LogP contribution in [0.1, 0.15) is 31.4 Å². The van der Waals surface area contributed by atoms with Crippen molar-refractivity contribution >= 4 is 15.9 Å². The van der Waals surface area contributed by atoms with E-state index in [2.05, 4.69) is 27.8 Å². The fraction of sp³-hybridized carbons (Fsp3) is 0.333. The quantitative estimate of drug-likeness (QED) is 0.823. The summed E-state index contributed by atoms with van der Waals surface area (Å²) in [6.45, 7) is 5.89. The lowest BCUT2D eigenvalue weighted by atomic mass is 10.1. The van der Waals surface area contributed by atoms with Gasteiger partial charge in [0.1, 0.15) is 0 Å². The van der Waals surface area contributed by atoms with Crippen molar-refractivity contribution in [1.82, 2.24) is 0 Å². The number of allylic oxidation sites excluding steroid dienone is 1. The Hall–Kier alpha value is -1.04. The van der Waals surface area contributed by atoms with Crippen LogP contribution in [0, 0.1) is 18.8 Å². The van der Waals surface area contributed by atoms with Gasteiger partial charge in [-0.15, -0.1) is 0 Å². The Morgan fingerprint density at radius 2 is 1.94 bits per heavy atom. The summed E-state index contributed by atoms with van der Waals surface area (Å²) in [4.78, 5) is 0. The molecule has 0 saturated carbocycles. The number of aliphatic hydroxyl groups excluding tert-OH is 1. The molecule has 1 rings (SSSR count). The third-order valence-corrected chi connectivity index (χ3v) is 2.91. The van der Waals surface area contributed by atoms with Crippen LogP contribution in [0.3, 0.4) is 0 Å². The molecule has 1 nitrogen and oxygen atoms in total. The summed E-state index contributed by atoms with van der Waals surface area (Å²) in [5.41, 5.74) is 2.94. The molecule has 2 heteroatoms. The van der Waals surface area contributed by atoms with E-state index in [1.165, 1.54) is 5.56 Å². The predicted octanol–water partition coefficient (Wildman–Crippen LogP) is 3.79. The molecular formula is C15H17BrO. The molecule has 1 aromatic carbocycles. The van der Waals surface area contributed by atoms with Gasteiger partial charge in [0.25, 0.3) is 0 Å². The molecule has 1 unspecified atom stereocenters. The maximum Gasteiger partial charge on any atom is 0.0873 e. The van der Waals surface area contributed by atoms with Crippen molar-refractivity contribution in [2.45, 2.75) is 33.3 Å². The van der Waals surface area contributed by atoms with Crippen LogP contribution in [0.25, 0.3) is 0 Å². The first-order valence-corrected chi connectivity index (χ1v) is 6.47. The van der Waals surface area contributed by atoms with Crippen molar-refractivity contribution in [3.63, 3.8) is 0 Å². The molecule has 0 heterocycles. The molecular weight excluding hydrogens is 276 g/mol. The van der Waals surface area contributed by atoms with Crippen LogP contribution in [-0.2, 0) is 0 Å². The van der Waals surface area contributed by atoms with Gasteiger partial charge in [-0.05, 0) is 32.4 Å². The first-order chi connectivity index (χ1) is 8.04. The zero-order valence-electron chi connectivity index (χ0n) is 10.4. The van der Waals surface area contributed by atoms with Gasteiger partial charge in [0.15, 0.2) is 0 Å². The maximum atomic E-state index is 9.82. The van der Waals surface area contributed by atoms with Crippen molar-refractivity contribution in [3.05, 3.63) is 45.4 Å². The highest BCUT2D eigenvalue weighted by Gasteiger charge is 2.07. The van der Waals surface area contributed by atoms with E-state index < -0.39 is 6.10 Å². The minimum atomic E-state index is -0.493. The van der Waals surface area contributed by atoms with E-state index in [4.69, 9.17) is 0 Å². The molecule has 0 bridgehead atoms. The fourth-order valence-corrected chi connectivity index (χ4v) is 1.74. The topological polar surface area (TPSA) is 20.2 Å². The maximum absolute atomic E-state index is 9.82. The number of aliphatic hydroxyl groups is 1. The lowest BCUT2D eigenvalue weighted by Gasteiger charge is -2.07. The summed E-state index contributed by atoms with van der Waals surface area (Å²) in [7, 11) is 0. The highest BCUT2D eigenvalue weighted by atomic mass is 79.9. The van der Waals surface area contributed by atoms with Crippen LogP contribution >= 0.6 is 15.9 Å². The van der Waals surface area contributed by atoms with Gasteiger partial charge in [-0.3, -0.25) is 0 Å². The minimum Gasteiger partial charge on any atom is -0.388 e. The summed E-state index contributed by atoms with van der Waals surface area (Å²) >= 11 is 3.38. The SMILES string of the molecule is CCC(O)/C(C#Cc1ccc(C)cc1)=C(\C)Br. The molecule has 0 aliphatic heterocycles. The molecule has 0 radical (unpaired) electrons. The Morgan fingerprint density at radius 1 is 1.35 bits per heavy atom. The molecule has 1 aromatic rings. The smallest absolute Gasteiger partial charge is 0.0873 e. The van der Waals surface area contributed by atoms with E-state index >= 15 is 0 Å². The highest BCUT2D eigenvalue weighted by molar-refractivity contribution is 9.11. The molecule has 0 amide bonds. The molecule has 0 saturated heterocycles. The highest BCUT2D eigenvalue weighted by Crippen LogP contribution is 2.16. The average molecular weight is 293 g/mol. The average Bonchev–Trinajstić information content (AvgIpc) is 2.31. The van der Waals surface area contributed by atoms with Crippen LogP contribution in [-0.4, -0.2) is 11.2 Å². The Balaban J connectivity index is 2.97. The van der Waals surface area contributed by atoms with E-state index in [0.29, 0.717) is 6.42 Å². The molecule has 1 N–H and O–H groups in total. The summed E-state index contributed by atoms with van der Waals surface area (Å²) < 4.78 is 0.895. The number of benzene rings is 1. The zero-order chi connectivity index (χ0) is 12.8. The number of hydrogen-bond acceptors (Lipinski definition) is 1. The van der Waals surface area contributed by atoms with Gasteiger partial charge >= 0.3 is 0 Å². The van der Waals surface area contributed by atoms with Crippen LogP contribution in [0.5, 0.6) is 0 Å². The summed E-state index contributed by atoms with van der Waals surface area (Å²) in [6, 6.07) is 8.04. The Labute approximate surface area is 112 Å². The zero-order valence-corrected chi connectivity index (χ0v) is 12.0. The second-order valence-corrected chi connectivity index (χ2v) is 5.18. The third-order valence-electron chi connectivity index (χ3n) is 2.48. The van der Waals surface area contributed by atoms with Crippen molar-refractivity contribution in [3.8, 4) is 11.8 Å². The molecule has 0 fully saturated rings. The monoisotopic (exact) mass is 292 g/mol. The minimum absolute atomic E-state index is 0.493. The summed E-state index contributed by atoms with van der Waals surface area (Å²) in [5, 5.41) is 9.82. The number of aryl methyl sites for hydroxylation is 1. The van der Waals surface area contributed by atoms with Gasteiger partial charge in [-0.2, -0.15) is 0 Å². The van der Waals surface area contributed by atoms with Crippen LogP contribution in [0.2, 0.25) is 0 Å². The second kappa shape index (κ2) is 6.64. The second-order valence-electron chi connectivity index (χ2n) is 3.99. The predicted molar refractivity (Wildman–Crippen MR) is 76.0 cm³/mol. The van der Waals surface area contributed by atoms with Crippen molar-refractivity contribution in [2.24, 2.45) is 0 Å². The molecule has 0 aromatic heterocycles. The van der Waals surface area contributed by atoms with Gasteiger partial charge in [0.2, 0.25) is 0 Å². The molecule has 0 aliphatic rings. The Kier molecular flexibility index (Phi) is 5.47. The van der Waals surface area contributed by atoms with Crippen LogP contribution < -0.4 is 0 Å². The molecule has 1 atom stereocenters. The largest absolute Gasteiger partial charge is 0.388 e. The van der Waals surface area contributed by atoms with Gasteiger partial charge in [-0.1, -0.05) is 52.4 Å². The normalized spacial score (nSPS) is 13.5. The third kappa shape index (κ3) is 4.38. The molecule has 17 heavy (non-hydrogen) atoms. The first-order valence-electron chi connectivity index (χ1n) is 5.67. The summed E-state index contributed by atoms with van der Waals surface area (Å²) in [5.74, 6) is 6.11. The molecule has 0 spiro atoms. The number of rotatable bonds is 2. The van der Waals surface area contributed by atoms with E-state index in [0.717, 1.165) is 15.6 Å². The Morgan fingerprint density at radius 3 is 2.41 bits per heavy atom. The van der Waals surface area contributed by atoms with Crippen LogP contribution in [0.15, 0.2) is 34.3 Å².